The van der Waals surface area contributed by atoms with Gasteiger partial charge in [0, 0.05) is 6.54 Å². The van der Waals surface area contributed by atoms with E-state index >= 15 is 0 Å². The molecule has 0 saturated heterocycles. The summed E-state index contributed by atoms with van der Waals surface area (Å²) in [4.78, 5) is 23.7. The molecule has 0 fully saturated rings. The average molecular weight is 349 g/mol. The van der Waals surface area contributed by atoms with Crippen LogP contribution in [-0.4, -0.2) is 38.2 Å². The number of hydrogen-bond donors (Lipinski definition) is 1. The van der Waals surface area contributed by atoms with E-state index in [4.69, 9.17) is 14.2 Å². The van der Waals surface area contributed by atoms with Gasteiger partial charge in [-0.2, -0.15) is 0 Å². The van der Waals surface area contributed by atoms with Gasteiger partial charge in [0.1, 0.15) is 0 Å². The zero-order chi connectivity index (χ0) is 18.8. The van der Waals surface area contributed by atoms with Crippen LogP contribution in [0.3, 0.4) is 0 Å². The fourth-order valence-corrected chi connectivity index (χ4v) is 1.97. The fraction of sp³-hybridized carbons (Fsp3) is 0.474. The molecule has 1 amide bonds. The SMILES string of the molecule is C/C=C/c1ccc(OCC(=O)OC(C)C(=O)NCC(C)C)c(OC)c1. The Balaban J connectivity index is 2.54. The molecule has 1 aromatic rings. The second kappa shape index (κ2) is 10.4. The zero-order valence-electron chi connectivity index (χ0n) is 15.5. The van der Waals surface area contributed by atoms with Gasteiger partial charge in [-0.1, -0.05) is 32.1 Å². The number of benzene rings is 1. The molecule has 0 aliphatic heterocycles. The molecule has 0 spiro atoms. The summed E-state index contributed by atoms with van der Waals surface area (Å²) in [6.45, 7) is 7.65. The van der Waals surface area contributed by atoms with E-state index in [0.29, 0.717) is 24.0 Å². The third kappa shape index (κ3) is 7.28. The number of carbonyl (C=O) groups excluding carboxylic acids is 2. The number of rotatable bonds is 9. The van der Waals surface area contributed by atoms with Crippen molar-refractivity contribution in [3.05, 3.63) is 29.8 Å². The molecule has 6 heteroatoms. The highest BCUT2D eigenvalue weighted by Gasteiger charge is 2.18. The minimum absolute atomic E-state index is 0.304. The average Bonchev–Trinajstić information content (AvgIpc) is 2.58. The van der Waals surface area contributed by atoms with Gasteiger partial charge in [-0.05, 0) is 37.5 Å². The Morgan fingerprint density at radius 1 is 1.20 bits per heavy atom. The molecule has 1 atom stereocenters. The van der Waals surface area contributed by atoms with Crippen LogP contribution in [-0.2, 0) is 14.3 Å². The van der Waals surface area contributed by atoms with Crippen LogP contribution in [0.1, 0.15) is 33.3 Å². The lowest BCUT2D eigenvalue weighted by atomic mass is 10.2. The summed E-state index contributed by atoms with van der Waals surface area (Å²) < 4.78 is 15.8. The third-order valence-electron chi connectivity index (χ3n) is 3.25. The Morgan fingerprint density at radius 3 is 2.52 bits per heavy atom. The second-order valence-corrected chi connectivity index (χ2v) is 5.97. The summed E-state index contributed by atoms with van der Waals surface area (Å²) in [6.07, 6.45) is 2.98. The normalized spacial score (nSPS) is 12.1. The Hall–Kier alpha value is -2.50. The molecule has 0 aliphatic carbocycles. The zero-order valence-corrected chi connectivity index (χ0v) is 15.5. The molecular weight excluding hydrogens is 322 g/mol. The van der Waals surface area contributed by atoms with Crippen molar-refractivity contribution >= 4 is 18.0 Å². The van der Waals surface area contributed by atoms with Crippen LogP contribution in [0.25, 0.3) is 6.08 Å². The van der Waals surface area contributed by atoms with Gasteiger partial charge in [0.05, 0.1) is 7.11 Å². The molecule has 25 heavy (non-hydrogen) atoms. The molecule has 0 aliphatic rings. The van der Waals surface area contributed by atoms with Crippen molar-refractivity contribution in [1.82, 2.24) is 5.32 Å². The highest BCUT2D eigenvalue weighted by Crippen LogP contribution is 2.28. The van der Waals surface area contributed by atoms with Gasteiger partial charge in [0.2, 0.25) is 0 Å². The number of esters is 1. The molecule has 0 radical (unpaired) electrons. The minimum atomic E-state index is -0.867. The molecule has 1 aromatic carbocycles. The van der Waals surface area contributed by atoms with Gasteiger partial charge in [0.25, 0.3) is 5.91 Å². The Labute approximate surface area is 149 Å². The molecule has 0 saturated carbocycles. The molecule has 1 unspecified atom stereocenters. The Bertz CT molecular complexity index is 610. The molecule has 138 valence electrons. The second-order valence-electron chi connectivity index (χ2n) is 5.97. The largest absolute Gasteiger partial charge is 0.493 e. The summed E-state index contributed by atoms with van der Waals surface area (Å²) in [6, 6.07) is 5.38. The summed E-state index contributed by atoms with van der Waals surface area (Å²) in [7, 11) is 1.53. The van der Waals surface area contributed by atoms with Crippen molar-refractivity contribution in [1.29, 1.82) is 0 Å². The maximum absolute atomic E-state index is 11.9. The topological polar surface area (TPSA) is 73.9 Å². The highest BCUT2D eigenvalue weighted by molar-refractivity contribution is 5.83. The first-order chi connectivity index (χ1) is 11.9. The van der Waals surface area contributed by atoms with E-state index in [1.807, 2.05) is 45.1 Å². The predicted octanol–water partition coefficient (Wildman–Crippen LogP) is 2.81. The number of amides is 1. The van der Waals surface area contributed by atoms with E-state index in [1.165, 1.54) is 14.0 Å². The summed E-state index contributed by atoms with van der Waals surface area (Å²) >= 11 is 0. The van der Waals surface area contributed by atoms with Gasteiger partial charge in [-0.3, -0.25) is 4.79 Å². The van der Waals surface area contributed by atoms with E-state index in [0.717, 1.165) is 5.56 Å². The molecule has 6 nitrogen and oxygen atoms in total. The van der Waals surface area contributed by atoms with Crippen molar-refractivity contribution in [2.24, 2.45) is 5.92 Å². The lowest BCUT2D eigenvalue weighted by molar-refractivity contribution is -0.156. The quantitative estimate of drug-likeness (QED) is 0.694. The van der Waals surface area contributed by atoms with Crippen LogP contribution in [0.2, 0.25) is 0 Å². The molecule has 0 bridgehead atoms. The molecule has 1 rings (SSSR count). The van der Waals surface area contributed by atoms with Gasteiger partial charge < -0.3 is 19.5 Å². The molecule has 0 aromatic heterocycles. The maximum atomic E-state index is 11.9. The summed E-state index contributed by atoms with van der Waals surface area (Å²) in [5.41, 5.74) is 0.963. The maximum Gasteiger partial charge on any atom is 0.344 e. The molecule has 1 N–H and O–H groups in total. The van der Waals surface area contributed by atoms with E-state index in [-0.39, 0.29) is 12.5 Å². The van der Waals surface area contributed by atoms with Gasteiger partial charge in [-0.25, -0.2) is 4.79 Å². The van der Waals surface area contributed by atoms with Crippen LogP contribution in [0, 0.1) is 5.92 Å². The van der Waals surface area contributed by atoms with E-state index < -0.39 is 12.1 Å². The highest BCUT2D eigenvalue weighted by atomic mass is 16.6. The van der Waals surface area contributed by atoms with Crippen LogP contribution < -0.4 is 14.8 Å². The first-order valence-corrected chi connectivity index (χ1v) is 8.28. The van der Waals surface area contributed by atoms with E-state index in [1.54, 1.807) is 6.07 Å². The van der Waals surface area contributed by atoms with Gasteiger partial charge in [0.15, 0.2) is 24.2 Å². The number of ether oxygens (including phenoxy) is 3. The van der Waals surface area contributed by atoms with E-state index in [2.05, 4.69) is 5.32 Å². The van der Waals surface area contributed by atoms with Crippen LogP contribution in [0.5, 0.6) is 11.5 Å². The number of hydrogen-bond acceptors (Lipinski definition) is 5. The Kier molecular flexibility index (Phi) is 8.53. The van der Waals surface area contributed by atoms with Crippen LogP contribution in [0.4, 0.5) is 0 Å². The summed E-state index contributed by atoms with van der Waals surface area (Å²) in [5.74, 6) is 0.339. The smallest absolute Gasteiger partial charge is 0.344 e. The first-order valence-electron chi connectivity index (χ1n) is 8.28. The lowest BCUT2D eigenvalue weighted by Gasteiger charge is -2.15. The third-order valence-corrected chi connectivity index (χ3v) is 3.25. The predicted molar refractivity (Wildman–Crippen MR) is 96.6 cm³/mol. The number of carbonyl (C=O) groups is 2. The van der Waals surface area contributed by atoms with Crippen molar-refractivity contribution in [2.75, 3.05) is 20.3 Å². The fourth-order valence-electron chi connectivity index (χ4n) is 1.97. The molecular formula is C19H27NO5. The standard InChI is InChI=1S/C19H27NO5/c1-6-7-15-8-9-16(17(10-15)23-5)24-12-18(21)25-14(4)19(22)20-11-13(2)3/h6-10,13-14H,11-12H2,1-5H3,(H,20,22)/b7-6+. The van der Waals surface area contributed by atoms with Gasteiger partial charge >= 0.3 is 5.97 Å². The lowest BCUT2D eigenvalue weighted by Crippen LogP contribution is -2.38. The number of allylic oxidation sites excluding steroid dienone is 1. The van der Waals surface area contributed by atoms with Crippen molar-refractivity contribution in [3.63, 3.8) is 0 Å². The van der Waals surface area contributed by atoms with Crippen molar-refractivity contribution in [3.8, 4) is 11.5 Å². The monoisotopic (exact) mass is 349 g/mol. The van der Waals surface area contributed by atoms with Crippen molar-refractivity contribution in [2.45, 2.75) is 33.8 Å². The number of nitrogens with one attached hydrogen (secondary N) is 1. The van der Waals surface area contributed by atoms with Crippen LogP contribution >= 0.6 is 0 Å². The first kappa shape index (κ1) is 20.5. The van der Waals surface area contributed by atoms with E-state index in [9.17, 15) is 9.59 Å². The molecule has 0 heterocycles. The Morgan fingerprint density at radius 2 is 1.92 bits per heavy atom. The minimum Gasteiger partial charge on any atom is -0.493 e. The number of methoxy groups -OCH3 is 1. The van der Waals surface area contributed by atoms with Gasteiger partial charge in [-0.15, -0.1) is 0 Å². The van der Waals surface area contributed by atoms with Crippen LogP contribution in [0.15, 0.2) is 24.3 Å². The summed E-state index contributed by atoms with van der Waals surface area (Å²) in [5, 5.41) is 2.71. The van der Waals surface area contributed by atoms with Crippen molar-refractivity contribution < 1.29 is 23.8 Å².